The second-order valence-electron chi connectivity index (χ2n) is 8.83. The molecule has 0 saturated heterocycles. The number of alkyl halides is 3. The Morgan fingerprint density at radius 1 is 1.02 bits per heavy atom. The molecular formula is C28H24ClF3N4O4S. The normalized spacial score (nSPS) is 15.0. The number of carbonyl (C=O) groups excluding carboxylic acids is 2. The highest BCUT2D eigenvalue weighted by Crippen LogP contribution is 2.35. The summed E-state index contributed by atoms with van der Waals surface area (Å²) in [5.41, 5.74) is 1.03. The smallest absolute Gasteiger partial charge is 0.416 e. The number of para-hydroxylation sites is 1. The van der Waals surface area contributed by atoms with Gasteiger partial charge in [-0.15, -0.1) is 0 Å². The first kappa shape index (κ1) is 29.7. The Morgan fingerprint density at radius 2 is 1.78 bits per heavy atom. The number of halogens is 4. The van der Waals surface area contributed by atoms with Gasteiger partial charge in [-0.2, -0.15) is 13.2 Å². The Morgan fingerprint density at radius 3 is 2.49 bits per heavy atom. The molecule has 0 spiro atoms. The zero-order valence-corrected chi connectivity index (χ0v) is 23.3. The highest BCUT2D eigenvalue weighted by Gasteiger charge is 2.32. The minimum absolute atomic E-state index is 0.0200. The summed E-state index contributed by atoms with van der Waals surface area (Å²) < 4.78 is 49.9. The van der Waals surface area contributed by atoms with Crippen molar-refractivity contribution >= 4 is 52.1 Å². The summed E-state index contributed by atoms with van der Waals surface area (Å²) in [5, 5.41) is 11.9. The average molecular weight is 605 g/mol. The number of amides is 2. The Hall–Kier alpha value is -4.29. The molecule has 3 aromatic rings. The SMILES string of the molecule is COc1cc(C2NC(=S)NC(C)=C2C(=O)Nc2ccccc2Cl)ccc1OCC(=O)Nc1cccc(C(F)(F)F)c1. The quantitative estimate of drug-likeness (QED) is 0.241. The number of hydrogen-bond donors (Lipinski definition) is 4. The number of methoxy groups -OCH3 is 1. The third-order valence-electron chi connectivity index (χ3n) is 5.99. The monoisotopic (exact) mass is 604 g/mol. The van der Waals surface area contributed by atoms with Crippen molar-refractivity contribution in [2.45, 2.75) is 19.1 Å². The summed E-state index contributed by atoms with van der Waals surface area (Å²) in [6.07, 6.45) is -4.54. The summed E-state index contributed by atoms with van der Waals surface area (Å²) in [5.74, 6) is -0.620. The molecule has 0 radical (unpaired) electrons. The maximum absolute atomic E-state index is 13.3. The molecule has 0 aliphatic carbocycles. The molecule has 2 amide bonds. The van der Waals surface area contributed by atoms with Gasteiger partial charge in [0.1, 0.15) is 0 Å². The minimum Gasteiger partial charge on any atom is -0.493 e. The molecule has 0 bridgehead atoms. The molecule has 41 heavy (non-hydrogen) atoms. The van der Waals surface area contributed by atoms with E-state index < -0.39 is 36.2 Å². The molecule has 13 heteroatoms. The fraction of sp³-hybridized carbons (Fsp3) is 0.179. The van der Waals surface area contributed by atoms with Crippen LogP contribution in [0, 0.1) is 0 Å². The van der Waals surface area contributed by atoms with Gasteiger partial charge in [0, 0.05) is 11.4 Å². The summed E-state index contributed by atoms with van der Waals surface area (Å²) in [6, 6.07) is 15.3. The molecule has 3 aromatic carbocycles. The first-order chi connectivity index (χ1) is 19.5. The lowest BCUT2D eigenvalue weighted by molar-refractivity contribution is -0.137. The van der Waals surface area contributed by atoms with E-state index >= 15 is 0 Å². The van der Waals surface area contributed by atoms with Crippen LogP contribution in [0.2, 0.25) is 5.02 Å². The Balaban J connectivity index is 1.50. The number of carbonyl (C=O) groups is 2. The van der Waals surface area contributed by atoms with Crippen LogP contribution in [0.15, 0.2) is 78.0 Å². The molecule has 1 atom stereocenters. The van der Waals surface area contributed by atoms with Crippen LogP contribution in [0.25, 0.3) is 0 Å². The highest BCUT2D eigenvalue weighted by molar-refractivity contribution is 7.80. The number of anilines is 2. The van der Waals surface area contributed by atoms with Gasteiger partial charge in [0.25, 0.3) is 11.8 Å². The lowest BCUT2D eigenvalue weighted by Crippen LogP contribution is -2.45. The van der Waals surface area contributed by atoms with Crippen molar-refractivity contribution < 1.29 is 32.2 Å². The molecule has 0 fully saturated rings. The second kappa shape index (κ2) is 12.5. The van der Waals surface area contributed by atoms with E-state index in [4.69, 9.17) is 33.3 Å². The molecule has 8 nitrogen and oxygen atoms in total. The molecule has 1 aliphatic rings. The average Bonchev–Trinajstić information content (AvgIpc) is 2.92. The van der Waals surface area contributed by atoms with Gasteiger partial charge in [0.05, 0.1) is 35.0 Å². The van der Waals surface area contributed by atoms with Crippen LogP contribution >= 0.6 is 23.8 Å². The third-order valence-corrected chi connectivity index (χ3v) is 6.54. The zero-order valence-electron chi connectivity index (χ0n) is 21.7. The predicted molar refractivity (Wildman–Crippen MR) is 153 cm³/mol. The van der Waals surface area contributed by atoms with Crippen molar-refractivity contribution in [2.75, 3.05) is 24.4 Å². The van der Waals surface area contributed by atoms with Crippen LogP contribution in [-0.4, -0.2) is 30.6 Å². The number of nitrogens with one attached hydrogen (secondary N) is 4. The second-order valence-corrected chi connectivity index (χ2v) is 9.65. The van der Waals surface area contributed by atoms with Gasteiger partial charge in [-0.25, -0.2) is 0 Å². The van der Waals surface area contributed by atoms with E-state index in [0.717, 1.165) is 12.1 Å². The lowest BCUT2D eigenvalue weighted by Gasteiger charge is -2.30. The first-order valence-corrected chi connectivity index (χ1v) is 12.9. The van der Waals surface area contributed by atoms with E-state index in [2.05, 4.69) is 21.3 Å². The maximum atomic E-state index is 13.3. The standard InChI is InChI=1S/C28H24ClF3N4O4S/c1-15-24(26(38)35-20-9-4-3-8-19(20)29)25(36-27(41)33-15)16-10-11-21(22(12-16)39-2)40-14-23(37)34-18-7-5-6-17(13-18)28(30,31)32/h3-13,25H,14H2,1-2H3,(H,34,37)(H,35,38)(H2,33,36,41). The van der Waals surface area contributed by atoms with Gasteiger partial charge in [0.2, 0.25) is 0 Å². The molecular weight excluding hydrogens is 581 g/mol. The Labute approximate surface area is 243 Å². The van der Waals surface area contributed by atoms with Gasteiger partial charge >= 0.3 is 6.18 Å². The van der Waals surface area contributed by atoms with Crippen LogP contribution in [0.3, 0.4) is 0 Å². The van der Waals surface area contributed by atoms with Crippen molar-refractivity contribution in [2.24, 2.45) is 0 Å². The summed E-state index contributed by atoms with van der Waals surface area (Å²) in [7, 11) is 1.40. The van der Waals surface area contributed by atoms with Crippen LogP contribution in [0.5, 0.6) is 11.5 Å². The molecule has 1 aliphatic heterocycles. The molecule has 1 unspecified atom stereocenters. The molecule has 1 heterocycles. The summed E-state index contributed by atoms with van der Waals surface area (Å²) >= 11 is 11.5. The topological polar surface area (TPSA) is 101 Å². The Kier molecular flexibility index (Phi) is 9.04. The predicted octanol–water partition coefficient (Wildman–Crippen LogP) is 5.82. The van der Waals surface area contributed by atoms with E-state index in [-0.39, 0.29) is 17.2 Å². The fourth-order valence-electron chi connectivity index (χ4n) is 4.09. The van der Waals surface area contributed by atoms with E-state index in [1.165, 1.54) is 19.2 Å². The van der Waals surface area contributed by atoms with Crippen LogP contribution in [0.4, 0.5) is 24.5 Å². The van der Waals surface area contributed by atoms with E-state index in [0.29, 0.717) is 32.7 Å². The zero-order chi connectivity index (χ0) is 29.7. The van der Waals surface area contributed by atoms with Crippen molar-refractivity contribution in [3.05, 3.63) is 94.1 Å². The summed E-state index contributed by atoms with van der Waals surface area (Å²) in [6.45, 7) is 1.23. The van der Waals surface area contributed by atoms with Crippen LogP contribution in [0.1, 0.15) is 24.1 Å². The first-order valence-electron chi connectivity index (χ1n) is 12.1. The number of rotatable bonds is 8. The highest BCUT2D eigenvalue weighted by atomic mass is 35.5. The molecule has 214 valence electrons. The van der Waals surface area contributed by atoms with E-state index in [1.54, 1.807) is 49.4 Å². The van der Waals surface area contributed by atoms with Gasteiger partial charge < -0.3 is 30.7 Å². The molecule has 4 N–H and O–H groups in total. The number of benzene rings is 3. The number of hydrogen-bond acceptors (Lipinski definition) is 5. The van der Waals surface area contributed by atoms with Gasteiger partial charge in [-0.3, -0.25) is 9.59 Å². The van der Waals surface area contributed by atoms with Gasteiger partial charge in [-0.1, -0.05) is 35.9 Å². The largest absolute Gasteiger partial charge is 0.493 e. The number of allylic oxidation sites excluding steroid dienone is 1. The van der Waals surface area contributed by atoms with Gasteiger partial charge in [-0.05, 0) is 67.2 Å². The number of thiocarbonyl (C=S) groups is 1. The molecule has 0 saturated carbocycles. The van der Waals surface area contributed by atoms with Crippen LogP contribution < -0.4 is 30.7 Å². The Bertz CT molecular complexity index is 1530. The van der Waals surface area contributed by atoms with Crippen molar-refractivity contribution in [1.82, 2.24) is 10.6 Å². The van der Waals surface area contributed by atoms with Gasteiger partial charge in [0.15, 0.2) is 23.2 Å². The van der Waals surface area contributed by atoms with Crippen LogP contribution in [-0.2, 0) is 15.8 Å². The van der Waals surface area contributed by atoms with Crippen molar-refractivity contribution in [3.63, 3.8) is 0 Å². The minimum atomic E-state index is -4.54. The van der Waals surface area contributed by atoms with E-state index in [9.17, 15) is 22.8 Å². The van der Waals surface area contributed by atoms with E-state index in [1.807, 2.05) is 0 Å². The maximum Gasteiger partial charge on any atom is 0.416 e. The molecule has 0 aromatic heterocycles. The summed E-state index contributed by atoms with van der Waals surface area (Å²) in [4.78, 5) is 25.7. The fourth-order valence-corrected chi connectivity index (χ4v) is 4.55. The lowest BCUT2D eigenvalue weighted by atomic mass is 9.94. The number of ether oxygens (including phenoxy) is 2. The third kappa shape index (κ3) is 7.27. The van der Waals surface area contributed by atoms with Crippen molar-refractivity contribution in [3.8, 4) is 11.5 Å². The van der Waals surface area contributed by atoms with Crippen molar-refractivity contribution in [1.29, 1.82) is 0 Å². The molecule has 4 rings (SSSR count).